The topological polar surface area (TPSA) is 29.5 Å². The lowest BCUT2D eigenvalue weighted by Gasteiger charge is -2.39. The van der Waals surface area contributed by atoms with Gasteiger partial charge in [0.2, 0.25) is 0 Å². The Bertz CT molecular complexity index is 132. The fourth-order valence-electron chi connectivity index (χ4n) is 1.15. The highest BCUT2D eigenvalue weighted by Gasteiger charge is 2.34. The maximum atomic E-state index is 10.1. The van der Waals surface area contributed by atoms with E-state index in [1.807, 2.05) is 6.41 Å². The molecule has 3 nitrogen and oxygen atoms in total. The Hall–Kier alpha value is -0.570. The van der Waals surface area contributed by atoms with Gasteiger partial charge in [-0.25, -0.2) is 0 Å². The van der Waals surface area contributed by atoms with Gasteiger partial charge in [-0.1, -0.05) is 6.92 Å². The van der Waals surface area contributed by atoms with E-state index in [9.17, 15) is 4.79 Å². The molecular formula is C7H12NO2. The number of hydrogen-bond acceptors (Lipinski definition) is 2. The maximum absolute atomic E-state index is 10.1. The largest absolute Gasteiger partial charge is 0.380 e. The molecule has 1 rings (SSSR count). The van der Waals surface area contributed by atoms with E-state index in [1.165, 1.54) is 4.90 Å². The van der Waals surface area contributed by atoms with Crippen LogP contribution in [0.5, 0.6) is 0 Å². The second-order valence-corrected chi connectivity index (χ2v) is 3.25. The number of carbonyl (C=O) groups excluding carboxylic acids is 1. The van der Waals surface area contributed by atoms with Crippen molar-refractivity contribution in [3.63, 3.8) is 0 Å². The molecule has 0 aromatic heterocycles. The lowest BCUT2D eigenvalue weighted by atomic mass is 9.88. The summed E-state index contributed by atoms with van der Waals surface area (Å²) in [6, 6.07) is 0. The van der Waals surface area contributed by atoms with Crippen molar-refractivity contribution in [3.05, 3.63) is 0 Å². The summed E-state index contributed by atoms with van der Waals surface area (Å²) in [5, 5.41) is 0. The van der Waals surface area contributed by atoms with E-state index < -0.39 is 0 Å². The van der Waals surface area contributed by atoms with Crippen molar-refractivity contribution in [1.29, 1.82) is 0 Å². The third-order valence-electron chi connectivity index (χ3n) is 1.68. The fraction of sp³-hybridized carbons (Fsp3) is 0.857. The van der Waals surface area contributed by atoms with Gasteiger partial charge in [0.05, 0.1) is 13.2 Å². The lowest BCUT2D eigenvalue weighted by Crippen LogP contribution is -2.47. The Morgan fingerprint density at radius 2 is 2.30 bits per heavy atom. The molecule has 0 unspecified atom stereocenters. The highest BCUT2D eigenvalue weighted by atomic mass is 16.5. The van der Waals surface area contributed by atoms with Crippen LogP contribution in [-0.4, -0.2) is 38.1 Å². The molecule has 1 aliphatic heterocycles. The van der Waals surface area contributed by atoms with Gasteiger partial charge in [-0.15, -0.1) is 0 Å². The Kier molecular flexibility index (Phi) is 1.94. The smallest absolute Gasteiger partial charge is 0.311 e. The minimum absolute atomic E-state index is 0.187. The second kappa shape index (κ2) is 2.58. The SMILES string of the molecule is CN([C]=O)CC1(C)COC1. The molecule has 0 aliphatic carbocycles. The second-order valence-electron chi connectivity index (χ2n) is 3.25. The molecule has 0 N–H and O–H groups in total. The third-order valence-corrected chi connectivity index (χ3v) is 1.68. The van der Waals surface area contributed by atoms with Gasteiger partial charge in [0, 0.05) is 19.0 Å². The summed E-state index contributed by atoms with van der Waals surface area (Å²) in [4.78, 5) is 11.6. The first kappa shape index (κ1) is 7.54. The van der Waals surface area contributed by atoms with Crippen molar-refractivity contribution in [2.45, 2.75) is 6.92 Å². The van der Waals surface area contributed by atoms with E-state index in [1.54, 1.807) is 7.05 Å². The van der Waals surface area contributed by atoms with Gasteiger partial charge >= 0.3 is 6.41 Å². The van der Waals surface area contributed by atoms with Crippen LogP contribution in [0.3, 0.4) is 0 Å². The van der Waals surface area contributed by atoms with Crippen LogP contribution in [0.2, 0.25) is 0 Å². The summed E-state index contributed by atoms with van der Waals surface area (Å²) in [5.74, 6) is 0. The van der Waals surface area contributed by atoms with E-state index >= 15 is 0 Å². The van der Waals surface area contributed by atoms with Crippen LogP contribution in [0.4, 0.5) is 0 Å². The zero-order valence-corrected chi connectivity index (χ0v) is 6.39. The summed E-state index contributed by atoms with van der Waals surface area (Å²) in [6.07, 6.45) is 1.82. The molecule has 10 heavy (non-hydrogen) atoms. The number of nitrogens with zero attached hydrogens (tertiary/aromatic N) is 1. The predicted molar refractivity (Wildman–Crippen MR) is 37.2 cm³/mol. The first-order valence-electron chi connectivity index (χ1n) is 3.33. The van der Waals surface area contributed by atoms with E-state index in [4.69, 9.17) is 4.74 Å². The number of amides is 1. The Morgan fingerprint density at radius 1 is 1.70 bits per heavy atom. The van der Waals surface area contributed by atoms with Crippen LogP contribution in [0.15, 0.2) is 0 Å². The van der Waals surface area contributed by atoms with Gasteiger partial charge in [0.15, 0.2) is 0 Å². The van der Waals surface area contributed by atoms with Gasteiger partial charge in [-0.3, -0.25) is 4.79 Å². The van der Waals surface area contributed by atoms with Gasteiger partial charge < -0.3 is 9.64 Å². The van der Waals surface area contributed by atoms with Gasteiger partial charge in [0.25, 0.3) is 0 Å². The van der Waals surface area contributed by atoms with E-state index in [-0.39, 0.29) is 5.41 Å². The lowest BCUT2D eigenvalue weighted by molar-refractivity contribution is -0.107. The van der Waals surface area contributed by atoms with Crippen molar-refractivity contribution in [1.82, 2.24) is 4.90 Å². The highest BCUT2D eigenvalue weighted by molar-refractivity contribution is 5.47. The molecule has 0 bridgehead atoms. The summed E-state index contributed by atoms with van der Waals surface area (Å²) in [5.41, 5.74) is 0.187. The molecule has 1 amide bonds. The summed E-state index contributed by atoms with van der Waals surface area (Å²) >= 11 is 0. The first-order chi connectivity index (χ1) is 4.66. The molecule has 0 aromatic rings. The summed E-state index contributed by atoms with van der Waals surface area (Å²) in [7, 11) is 1.73. The van der Waals surface area contributed by atoms with Crippen LogP contribution < -0.4 is 0 Å². The minimum Gasteiger partial charge on any atom is -0.380 e. The average Bonchev–Trinajstić information content (AvgIpc) is 1.84. The third kappa shape index (κ3) is 1.48. The van der Waals surface area contributed by atoms with Crippen molar-refractivity contribution >= 4 is 6.41 Å². The molecule has 57 valence electrons. The monoisotopic (exact) mass is 142 g/mol. The maximum Gasteiger partial charge on any atom is 0.311 e. The number of rotatable bonds is 3. The summed E-state index contributed by atoms with van der Waals surface area (Å²) in [6.45, 7) is 4.37. The Morgan fingerprint density at radius 3 is 2.60 bits per heavy atom. The van der Waals surface area contributed by atoms with Crippen LogP contribution in [-0.2, 0) is 9.53 Å². The Balaban J connectivity index is 2.29. The standard InChI is InChI=1S/C7H12NO2/c1-7(4-10-5-7)3-8(2)6-9/h3-5H2,1-2H3. The normalized spacial score (nSPS) is 21.4. The molecule has 0 atom stereocenters. The predicted octanol–water partition coefficient (Wildman–Crippen LogP) is 0.0219. The zero-order valence-electron chi connectivity index (χ0n) is 6.39. The van der Waals surface area contributed by atoms with Crippen LogP contribution in [0, 0.1) is 5.41 Å². The van der Waals surface area contributed by atoms with Crippen molar-refractivity contribution in [3.8, 4) is 0 Å². The number of hydrogen-bond donors (Lipinski definition) is 0. The van der Waals surface area contributed by atoms with Gasteiger partial charge in [-0.05, 0) is 0 Å². The fourth-order valence-corrected chi connectivity index (χ4v) is 1.15. The van der Waals surface area contributed by atoms with Crippen LogP contribution >= 0.6 is 0 Å². The van der Waals surface area contributed by atoms with E-state index in [0.29, 0.717) is 0 Å². The van der Waals surface area contributed by atoms with E-state index in [0.717, 1.165) is 19.8 Å². The summed E-state index contributed by atoms with van der Waals surface area (Å²) < 4.78 is 5.03. The molecule has 0 aromatic carbocycles. The first-order valence-corrected chi connectivity index (χ1v) is 3.33. The zero-order chi connectivity index (χ0) is 7.61. The highest BCUT2D eigenvalue weighted by Crippen LogP contribution is 2.26. The minimum atomic E-state index is 0.187. The molecule has 3 heteroatoms. The molecular weight excluding hydrogens is 130 g/mol. The molecule has 1 radical (unpaired) electrons. The number of ether oxygens (including phenoxy) is 1. The molecule has 1 fully saturated rings. The molecule has 1 saturated heterocycles. The van der Waals surface area contributed by atoms with Crippen molar-refractivity contribution in [2.75, 3.05) is 26.8 Å². The quantitative estimate of drug-likeness (QED) is 0.520. The van der Waals surface area contributed by atoms with Crippen LogP contribution in [0.1, 0.15) is 6.92 Å². The average molecular weight is 142 g/mol. The van der Waals surface area contributed by atoms with Crippen LogP contribution in [0.25, 0.3) is 0 Å². The van der Waals surface area contributed by atoms with Gasteiger partial charge in [-0.2, -0.15) is 0 Å². The molecule has 0 spiro atoms. The van der Waals surface area contributed by atoms with E-state index in [2.05, 4.69) is 6.92 Å². The molecule has 1 heterocycles. The van der Waals surface area contributed by atoms with Crippen molar-refractivity contribution in [2.24, 2.45) is 5.41 Å². The van der Waals surface area contributed by atoms with Gasteiger partial charge in [0.1, 0.15) is 0 Å². The molecule has 0 saturated carbocycles. The molecule has 1 aliphatic rings. The van der Waals surface area contributed by atoms with Crippen molar-refractivity contribution < 1.29 is 9.53 Å². The Labute approximate surface area is 61.0 Å².